The molecule has 0 saturated heterocycles. The number of hydrogen-bond acceptors (Lipinski definition) is 0. The Labute approximate surface area is 96.8 Å². The van der Waals surface area contributed by atoms with E-state index in [1.54, 1.807) is 0 Å². The second-order valence-corrected chi connectivity index (χ2v) is 5.62. The average molecular weight is 210 g/mol. The van der Waals surface area contributed by atoms with Gasteiger partial charge in [-0.15, -0.1) is 0 Å². The maximum absolute atomic E-state index is 2.50. The lowest BCUT2D eigenvalue weighted by Gasteiger charge is -2.34. The van der Waals surface area contributed by atoms with E-state index in [2.05, 4.69) is 20.8 Å². The fraction of sp³-hybridized carbons (Fsp3) is 1.00. The van der Waals surface area contributed by atoms with E-state index < -0.39 is 0 Å². The largest absolute Gasteiger partial charge is 0.0654 e. The second kappa shape index (κ2) is 7.30. The molecule has 15 heavy (non-hydrogen) atoms. The molecule has 1 saturated carbocycles. The Morgan fingerprint density at radius 1 is 0.933 bits per heavy atom. The molecule has 0 spiro atoms. The summed E-state index contributed by atoms with van der Waals surface area (Å²) in [6.45, 7) is 7.19. The lowest BCUT2D eigenvalue weighted by Crippen LogP contribution is -2.24. The van der Waals surface area contributed by atoms with Crippen molar-refractivity contribution in [2.24, 2.45) is 17.8 Å². The molecule has 0 nitrogen and oxygen atoms in total. The third-order valence-electron chi connectivity index (χ3n) is 4.35. The predicted octanol–water partition coefficient (Wildman–Crippen LogP) is 5.42. The Kier molecular flexibility index (Phi) is 6.36. The molecule has 0 heteroatoms. The summed E-state index contributed by atoms with van der Waals surface area (Å²) in [5.74, 6) is 3.08. The molecule has 0 aliphatic heterocycles. The molecular formula is C15H30. The van der Waals surface area contributed by atoms with Gasteiger partial charge in [-0.05, 0) is 17.8 Å². The predicted molar refractivity (Wildman–Crippen MR) is 69.0 cm³/mol. The van der Waals surface area contributed by atoms with Crippen LogP contribution >= 0.6 is 0 Å². The minimum Gasteiger partial charge on any atom is -0.0654 e. The van der Waals surface area contributed by atoms with Gasteiger partial charge in [0.2, 0.25) is 0 Å². The van der Waals surface area contributed by atoms with Crippen molar-refractivity contribution in [1.82, 2.24) is 0 Å². The Balaban J connectivity index is 2.46. The summed E-state index contributed by atoms with van der Waals surface area (Å²) >= 11 is 0. The highest BCUT2D eigenvalue weighted by Crippen LogP contribution is 2.37. The summed E-state index contributed by atoms with van der Waals surface area (Å²) < 4.78 is 0. The van der Waals surface area contributed by atoms with Crippen LogP contribution in [0.4, 0.5) is 0 Å². The van der Waals surface area contributed by atoms with Gasteiger partial charge in [-0.25, -0.2) is 0 Å². The Bertz CT molecular complexity index is 144. The average Bonchev–Trinajstić information content (AvgIpc) is 2.27. The van der Waals surface area contributed by atoms with E-state index in [-0.39, 0.29) is 0 Å². The van der Waals surface area contributed by atoms with Gasteiger partial charge in [0.1, 0.15) is 0 Å². The van der Waals surface area contributed by atoms with E-state index in [1.165, 1.54) is 57.8 Å². The molecule has 1 aliphatic rings. The van der Waals surface area contributed by atoms with E-state index in [4.69, 9.17) is 0 Å². The van der Waals surface area contributed by atoms with E-state index in [0.29, 0.717) is 0 Å². The van der Waals surface area contributed by atoms with Crippen molar-refractivity contribution in [1.29, 1.82) is 0 Å². The van der Waals surface area contributed by atoms with Crippen molar-refractivity contribution in [2.75, 3.05) is 0 Å². The summed E-state index contributed by atoms with van der Waals surface area (Å²) in [5.41, 5.74) is 0. The SMILES string of the molecule is CCCC(C)C(CCC)C1CCCCC1. The van der Waals surface area contributed by atoms with Gasteiger partial charge in [0.05, 0.1) is 0 Å². The summed E-state index contributed by atoms with van der Waals surface area (Å²) in [6, 6.07) is 0. The molecule has 0 bridgehead atoms. The zero-order valence-electron chi connectivity index (χ0n) is 11.1. The van der Waals surface area contributed by atoms with Gasteiger partial charge in [0.15, 0.2) is 0 Å². The molecule has 0 aromatic rings. The lowest BCUT2D eigenvalue weighted by atomic mass is 9.71. The third kappa shape index (κ3) is 4.17. The molecule has 2 unspecified atom stereocenters. The second-order valence-electron chi connectivity index (χ2n) is 5.62. The number of hydrogen-bond donors (Lipinski definition) is 0. The van der Waals surface area contributed by atoms with Crippen LogP contribution in [-0.4, -0.2) is 0 Å². The van der Waals surface area contributed by atoms with Crippen LogP contribution in [0, 0.1) is 17.8 Å². The van der Waals surface area contributed by atoms with Crippen LogP contribution in [0.3, 0.4) is 0 Å². The molecule has 0 radical (unpaired) electrons. The van der Waals surface area contributed by atoms with Gasteiger partial charge in [-0.3, -0.25) is 0 Å². The van der Waals surface area contributed by atoms with Crippen LogP contribution in [-0.2, 0) is 0 Å². The molecule has 0 heterocycles. The van der Waals surface area contributed by atoms with Crippen LogP contribution in [0.15, 0.2) is 0 Å². The summed E-state index contributed by atoms with van der Waals surface area (Å²) in [4.78, 5) is 0. The van der Waals surface area contributed by atoms with E-state index in [0.717, 1.165) is 17.8 Å². The van der Waals surface area contributed by atoms with Crippen LogP contribution < -0.4 is 0 Å². The molecule has 0 amide bonds. The Hall–Kier alpha value is 0. The minimum atomic E-state index is 0.970. The zero-order valence-corrected chi connectivity index (χ0v) is 11.1. The van der Waals surface area contributed by atoms with Crippen molar-refractivity contribution < 1.29 is 0 Å². The molecule has 1 fully saturated rings. The van der Waals surface area contributed by atoms with Crippen LogP contribution in [0.5, 0.6) is 0 Å². The fourth-order valence-corrected chi connectivity index (χ4v) is 3.55. The third-order valence-corrected chi connectivity index (χ3v) is 4.35. The molecule has 0 N–H and O–H groups in total. The van der Waals surface area contributed by atoms with Crippen molar-refractivity contribution in [2.45, 2.75) is 78.6 Å². The fourth-order valence-electron chi connectivity index (χ4n) is 3.55. The van der Waals surface area contributed by atoms with Gasteiger partial charge < -0.3 is 0 Å². The van der Waals surface area contributed by atoms with Crippen molar-refractivity contribution in [3.63, 3.8) is 0 Å². The zero-order chi connectivity index (χ0) is 11.1. The topological polar surface area (TPSA) is 0 Å². The first-order chi connectivity index (χ1) is 7.29. The summed E-state index contributed by atoms with van der Waals surface area (Å²) in [6.07, 6.45) is 13.2. The molecule has 0 aromatic heterocycles. The first-order valence-corrected chi connectivity index (χ1v) is 7.29. The minimum absolute atomic E-state index is 0.970. The standard InChI is InChI=1S/C15H30/c1-4-9-13(3)15(10-5-2)14-11-7-6-8-12-14/h13-15H,4-12H2,1-3H3. The Morgan fingerprint density at radius 3 is 2.07 bits per heavy atom. The lowest BCUT2D eigenvalue weighted by molar-refractivity contribution is 0.167. The van der Waals surface area contributed by atoms with Crippen molar-refractivity contribution in [3.05, 3.63) is 0 Å². The number of rotatable bonds is 6. The first-order valence-electron chi connectivity index (χ1n) is 7.29. The van der Waals surface area contributed by atoms with Gasteiger partial charge in [0, 0.05) is 0 Å². The molecular weight excluding hydrogens is 180 g/mol. The molecule has 2 atom stereocenters. The highest BCUT2D eigenvalue weighted by molar-refractivity contribution is 4.77. The molecule has 1 rings (SSSR count). The van der Waals surface area contributed by atoms with Crippen LogP contribution in [0.2, 0.25) is 0 Å². The maximum atomic E-state index is 2.50. The van der Waals surface area contributed by atoms with E-state index in [1.807, 2.05) is 0 Å². The van der Waals surface area contributed by atoms with Gasteiger partial charge >= 0.3 is 0 Å². The quantitative estimate of drug-likeness (QED) is 0.549. The molecule has 90 valence electrons. The van der Waals surface area contributed by atoms with E-state index >= 15 is 0 Å². The maximum Gasteiger partial charge on any atom is -0.0360 e. The summed E-state index contributed by atoms with van der Waals surface area (Å²) in [7, 11) is 0. The van der Waals surface area contributed by atoms with Crippen molar-refractivity contribution in [3.8, 4) is 0 Å². The van der Waals surface area contributed by atoms with Crippen molar-refractivity contribution >= 4 is 0 Å². The monoisotopic (exact) mass is 210 g/mol. The van der Waals surface area contributed by atoms with Gasteiger partial charge in [0.25, 0.3) is 0 Å². The van der Waals surface area contributed by atoms with Gasteiger partial charge in [-0.2, -0.15) is 0 Å². The van der Waals surface area contributed by atoms with E-state index in [9.17, 15) is 0 Å². The Morgan fingerprint density at radius 2 is 1.53 bits per heavy atom. The highest BCUT2D eigenvalue weighted by atomic mass is 14.3. The van der Waals surface area contributed by atoms with Gasteiger partial charge in [-0.1, -0.05) is 78.6 Å². The van der Waals surface area contributed by atoms with Crippen LogP contribution in [0.25, 0.3) is 0 Å². The normalized spacial score (nSPS) is 22.6. The highest BCUT2D eigenvalue weighted by Gasteiger charge is 2.26. The van der Waals surface area contributed by atoms with Crippen LogP contribution in [0.1, 0.15) is 78.6 Å². The molecule has 0 aromatic carbocycles. The smallest absolute Gasteiger partial charge is 0.0360 e. The first kappa shape index (κ1) is 13.1. The summed E-state index contributed by atoms with van der Waals surface area (Å²) in [5, 5.41) is 0. The molecule has 1 aliphatic carbocycles.